The molecular formula is C17H21ClN2OS2. The number of nitrogens with one attached hydrogen (secondary N) is 1. The number of hydrogen-bond donors (Lipinski definition) is 1. The zero-order valence-electron chi connectivity index (χ0n) is 13.3. The van der Waals surface area contributed by atoms with Crippen LogP contribution in [0, 0.1) is 0 Å². The van der Waals surface area contributed by atoms with Crippen molar-refractivity contribution in [2.24, 2.45) is 0 Å². The van der Waals surface area contributed by atoms with Crippen LogP contribution in [0.25, 0.3) is 0 Å². The molecule has 0 saturated carbocycles. The van der Waals surface area contributed by atoms with Crippen LogP contribution in [0.4, 0.5) is 0 Å². The fourth-order valence-electron chi connectivity index (χ4n) is 2.11. The van der Waals surface area contributed by atoms with Crippen LogP contribution in [0.2, 0.25) is 5.02 Å². The Morgan fingerprint density at radius 3 is 2.65 bits per heavy atom. The zero-order chi connectivity index (χ0) is 16.7. The predicted octanol–water partition coefficient (Wildman–Crippen LogP) is 4.30. The van der Waals surface area contributed by atoms with Gasteiger partial charge in [-0.3, -0.25) is 4.79 Å². The van der Waals surface area contributed by atoms with E-state index < -0.39 is 0 Å². The van der Waals surface area contributed by atoms with E-state index in [9.17, 15) is 4.79 Å². The second-order valence-electron chi connectivity index (χ2n) is 5.35. The maximum atomic E-state index is 12.0. The fraction of sp³-hybridized carbons (Fsp3) is 0.353. The van der Waals surface area contributed by atoms with E-state index in [1.54, 1.807) is 23.1 Å². The summed E-state index contributed by atoms with van der Waals surface area (Å²) < 4.78 is 0. The van der Waals surface area contributed by atoms with Crippen LogP contribution in [-0.2, 0) is 4.79 Å². The first-order valence-corrected chi connectivity index (χ1v) is 9.65. The molecule has 1 unspecified atom stereocenters. The molecule has 0 fully saturated rings. The number of nitrogens with zero attached hydrogens (tertiary/aromatic N) is 1. The molecule has 0 aliphatic carbocycles. The number of halogens is 1. The molecular weight excluding hydrogens is 348 g/mol. The van der Waals surface area contributed by atoms with Crippen molar-refractivity contribution >= 4 is 40.6 Å². The maximum absolute atomic E-state index is 12.0. The van der Waals surface area contributed by atoms with Crippen molar-refractivity contribution in [3.8, 4) is 0 Å². The highest BCUT2D eigenvalue weighted by Gasteiger charge is 2.16. The quantitative estimate of drug-likeness (QED) is 0.705. The van der Waals surface area contributed by atoms with Gasteiger partial charge in [0.15, 0.2) is 0 Å². The van der Waals surface area contributed by atoms with Gasteiger partial charge in [-0.2, -0.15) is 0 Å². The van der Waals surface area contributed by atoms with Gasteiger partial charge in [-0.15, -0.1) is 23.1 Å². The predicted molar refractivity (Wildman–Crippen MR) is 101 cm³/mol. The van der Waals surface area contributed by atoms with Crippen molar-refractivity contribution in [1.82, 2.24) is 10.2 Å². The molecule has 23 heavy (non-hydrogen) atoms. The van der Waals surface area contributed by atoms with E-state index >= 15 is 0 Å². The van der Waals surface area contributed by atoms with E-state index in [1.807, 2.05) is 44.4 Å². The third-order valence-electron chi connectivity index (χ3n) is 3.40. The van der Waals surface area contributed by atoms with Gasteiger partial charge in [-0.05, 0) is 49.8 Å². The summed E-state index contributed by atoms with van der Waals surface area (Å²) in [4.78, 5) is 16.6. The van der Waals surface area contributed by atoms with E-state index in [0.717, 1.165) is 15.7 Å². The molecule has 0 saturated heterocycles. The van der Waals surface area contributed by atoms with Crippen LogP contribution in [0.1, 0.15) is 17.3 Å². The molecule has 1 amide bonds. The molecule has 1 N–H and O–H groups in total. The summed E-state index contributed by atoms with van der Waals surface area (Å²) in [6.07, 6.45) is 0.512. The number of likely N-dealkylation sites (N-methyl/N-ethyl adjacent to an activating group) is 1. The van der Waals surface area contributed by atoms with Gasteiger partial charge in [-0.1, -0.05) is 17.7 Å². The molecule has 1 aromatic heterocycles. The van der Waals surface area contributed by atoms with Crippen LogP contribution in [0.3, 0.4) is 0 Å². The summed E-state index contributed by atoms with van der Waals surface area (Å²) in [5.41, 5.74) is 0. The zero-order valence-corrected chi connectivity index (χ0v) is 15.7. The molecule has 124 valence electrons. The van der Waals surface area contributed by atoms with Crippen LogP contribution in [-0.4, -0.2) is 37.2 Å². The first-order valence-electron chi connectivity index (χ1n) is 7.41. The third-order valence-corrected chi connectivity index (χ3v) is 5.64. The second-order valence-corrected chi connectivity index (χ2v) is 7.94. The molecule has 2 aromatic rings. The van der Waals surface area contributed by atoms with Gasteiger partial charge >= 0.3 is 0 Å². The van der Waals surface area contributed by atoms with Gasteiger partial charge in [0, 0.05) is 33.5 Å². The monoisotopic (exact) mass is 368 g/mol. The summed E-state index contributed by atoms with van der Waals surface area (Å²) in [6, 6.07) is 12.1. The Bertz CT molecular complexity index is 600. The summed E-state index contributed by atoms with van der Waals surface area (Å²) in [6.45, 7) is 0.637. The number of carbonyl (C=O) groups is 1. The van der Waals surface area contributed by atoms with E-state index in [1.165, 1.54) is 4.88 Å². The number of benzene rings is 1. The number of hydrogen-bond acceptors (Lipinski definition) is 4. The van der Waals surface area contributed by atoms with Crippen LogP contribution < -0.4 is 5.32 Å². The molecule has 0 aliphatic rings. The van der Waals surface area contributed by atoms with E-state index in [2.05, 4.69) is 21.7 Å². The lowest BCUT2D eigenvalue weighted by Crippen LogP contribution is -2.34. The van der Waals surface area contributed by atoms with Crippen molar-refractivity contribution in [3.05, 3.63) is 51.7 Å². The number of thiophene rings is 1. The minimum Gasteiger partial charge on any atom is -0.354 e. The Hall–Kier alpha value is -1.01. The number of thioether (sulfide) groups is 1. The minimum absolute atomic E-state index is 0.0925. The Labute approximate surface area is 151 Å². The van der Waals surface area contributed by atoms with Crippen molar-refractivity contribution in [3.63, 3.8) is 0 Å². The Kier molecular flexibility index (Phi) is 7.43. The van der Waals surface area contributed by atoms with Gasteiger partial charge in [0.1, 0.15) is 0 Å². The molecule has 3 nitrogen and oxygen atoms in total. The molecule has 2 rings (SSSR count). The Balaban J connectivity index is 1.73. The normalized spacial score (nSPS) is 12.3. The highest BCUT2D eigenvalue weighted by molar-refractivity contribution is 7.99. The van der Waals surface area contributed by atoms with E-state index in [0.29, 0.717) is 13.0 Å². The highest BCUT2D eigenvalue weighted by atomic mass is 35.5. The average molecular weight is 369 g/mol. The summed E-state index contributed by atoms with van der Waals surface area (Å²) in [5, 5.41) is 5.84. The second kappa shape index (κ2) is 9.33. The molecule has 1 aromatic carbocycles. The van der Waals surface area contributed by atoms with Crippen LogP contribution in [0.5, 0.6) is 0 Å². The molecule has 1 heterocycles. The molecule has 0 radical (unpaired) electrons. The van der Waals surface area contributed by atoms with Gasteiger partial charge in [-0.25, -0.2) is 0 Å². The van der Waals surface area contributed by atoms with E-state index in [-0.39, 0.29) is 11.9 Å². The molecule has 0 spiro atoms. The summed E-state index contributed by atoms with van der Waals surface area (Å²) in [7, 11) is 4.07. The lowest BCUT2D eigenvalue weighted by Gasteiger charge is -2.23. The Morgan fingerprint density at radius 2 is 2.04 bits per heavy atom. The van der Waals surface area contributed by atoms with Gasteiger partial charge in [0.2, 0.25) is 5.91 Å². The largest absolute Gasteiger partial charge is 0.354 e. The van der Waals surface area contributed by atoms with E-state index in [4.69, 9.17) is 11.6 Å². The first kappa shape index (κ1) is 18.3. The SMILES string of the molecule is CN(C)C(CNC(=O)CCSc1ccc(Cl)cc1)c1cccs1. The van der Waals surface area contributed by atoms with Gasteiger partial charge in [0.25, 0.3) is 0 Å². The Morgan fingerprint density at radius 1 is 1.30 bits per heavy atom. The maximum Gasteiger partial charge on any atom is 0.220 e. The molecule has 1 atom stereocenters. The van der Waals surface area contributed by atoms with Crippen LogP contribution >= 0.6 is 34.7 Å². The summed E-state index contributed by atoms with van der Waals surface area (Å²) >= 11 is 9.25. The summed E-state index contributed by atoms with van der Waals surface area (Å²) in [5.74, 6) is 0.855. The van der Waals surface area contributed by atoms with Crippen molar-refractivity contribution in [2.45, 2.75) is 17.4 Å². The smallest absolute Gasteiger partial charge is 0.220 e. The molecule has 6 heteroatoms. The standard InChI is InChI=1S/C17H21ClN2OS2/c1-20(2)15(16-4-3-10-23-16)12-19-17(21)9-11-22-14-7-5-13(18)6-8-14/h3-8,10,15H,9,11-12H2,1-2H3,(H,19,21). The van der Waals surface area contributed by atoms with Crippen molar-refractivity contribution < 1.29 is 4.79 Å². The van der Waals surface area contributed by atoms with Crippen molar-refractivity contribution in [2.75, 3.05) is 26.4 Å². The lowest BCUT2D eigenvalue weighted by atomic mass is 10.2. The van der Waals surface area contributed by atoms with Crippen molar-refractivity contribution in [1.29, 1.82) is 0 Å². The van der Waals surface area contributed by atoms with Crippen LogP contribution in [0.15, 0.2) is 46.7 Å². The van der Waals surface area contributed by atoms with Gasteiger partial charge < -0.3 is 10.2 Å². The number of amides is 1. The number of carbonyl (C=O) groups excluding carboxylic acids is 1. The minimum atomic E-state index is 0.0925. The third kappa shape index (κ3) is 6.18. The first-order chi connectivity index (χ1) is 11.1. The molecule has 0 bridgehead atoms. The number of rotatable bonds is 8. The lowest BCUT2D eigenvalue weighted by molar-refractivity contribution is -0.120. The topological polar surface area (TPSA) is 32.3 Å². The fourth-order valence-corrected chi connectivity index (χ4v) is 4.01. The van der Waals surface area contributed by atoms with Gasteiger partial charge in [0.05, 0.1) is 6.04 Å². The highest BCUT2D eigenvalue weighted by Crippen LogP contribution is 2.23. The average Bonchev–Trinajstić information content (AvgIpc) is 3.03. The molecule has 0 aliphatic heterocycles.